The first-order valence-electron chi connectivity index (χ1n) is 8.97. The number of nitrogens with zero attached hydrogens (tertiary/aromatic N) is 2. The maximum absolute atomic E-state index is 12.4. The molecule has 1 fully saturated rings. The van der Waals surface area contributed by atoms with E-state index < -0.39 is 15.0 Å². The van der Waals surface area contributed by atoms with E-state index in [-0.39, 0.29) is 17.7 Å². The van der Waals surface area contributed by atoms with Crippen LogP contribution in [0.15, 0.2) is 18.5 Å². The van der Waals surface area contributed by atoms with Crippen LogP contribution in [0.2, 0.25) is 0 Å². The predicted octanol–water partition coefficient (Wildman–Crippen LogP) is 4.60. The maximum Gasteiger partial charge on any atom is 0.341 e. The highest BCUT2D eigenvalue weighted by Crippen LogP contribution is 2.34. The van der Waals surface area contributed by atoms with Gasteiger partial charge in [0.1, 0.15) is 5.56 Å². The van der Waals surface area contributed by atoms with E-state index in [1.807, 2.05) is 16.2 Å². The van der Waals surface area contributed by atoms with Crippen LogP contribution in [0, 0.1) is 5.92 Å². The quantitative estimate of drug-likeness (QED) is 0.302. The summed E-state index contributed by atoms with van der Waals surface area (Å²) < 4.78 is 29.8. The van der Waals surface area contributed by atoms with Crippen LogP contribution in [0.25, 0.3) is 11.0 Å². The van der Waals surface area contributed by atoms with Crippen LogP contribution in [0.3, 0.4) is 0 Å². The second-order valence-corrected chi connectivity index (χ2v) is 11.3. The van der Waals surface area contributed by atoms with Crippen molar-refractivity contribution in [2.45, 2.75) is 38.6 Å². The number of esters is 1. The van der Waals surface area contributed by atoms with Crippen molar-refractivity contribution < 1.29 is 17.9 Å². The summed E-state index contributed by atoms with van der Waals surface area (Å²) in [6.07, 6.45) is 6.64. The Bertz CT molecular complexity index is 959. The number of nitrogens with one attached hydrogen (secondary N) is 1. The molecule has 1 saturated carbocycles. The van der Waals surface area contributed by atoms with Crippen molar-refractivity contribution in [2.24, 2.45) is 5.92 Å². The number of fused-ring (bicyclic) bond motifs is 1. The summed E-state index contributed by atoms with van der Waals surface area (Å²) in [5.41, 5.74) is 1.91. The van der Waals surface area contributed by atoms with Gasteiger partial charge in [0.25, 0.3) is 0 Å². The van der Waals surface area contributed by atoms with E-state index in [0.717, 1.165) is 42.4 Å². The first-order valence-corrected chi connectivity index (χ1v) is 14.8. The molecule has 2 heterocycles. The molecule has 11 heteroatoms. The topological polar surface area (TPSA) is 90.3 Å². The number of carbonyl (C=O) groups is 1. The van der Waals surface area contributed by atoms with Crippen LogP contribution in [0.4, 0.5) is 5.69 Å². The molecule has 2 aromatic rings. The summed E-state index contributed by atoms with van der Waals surface area (Å²) in [6, 6.07) is 2.08. The lowest BCUT2D eigenvalue weighted by Gasteiger charge is -2.29. The summed E-state index contributed by atoms with van der Waals surface area (Å²) in [5, 5.41) is 4.37. The molecule has 0 unspecified atom stereocenters. The third-order valence-corrected chi connectivity index (χ3v) is 7.84. The molecule has 1 N–H and O–H groups in total. The van der Waals surface area contributed by atoms with Crippen molar-refractivity contribution in [3.05, 3.63) is 24.0 Å². The Balaban J connectivity index is 1.84. The average molecular weight is 558 g/mol. The summed E-state index contributed by atoms with van der Waals surface area (Å²) in [4.78, 5) is 16.9. The zero-order valence-corrected chi connectivity index (χ0v) is 19.8. The van der Waals surface area contributed by atoms with E-state index in [2.05, 4.69) is 31.5 Å². The molecule has 0 amide bonds. The van der Waals surface area contributed by atoms with Crippen LogP contribution in [0.1, 0.15) is 43.0 Å². The molecule has 0 saturated heterocycles. The van der Waals surface area contributed by atoms with Gasteiger partial charge in [-0.3, -0.25) is 3.97 Å². The van der Waals surface area contributed by atoms with Crippen molar-refractivity contribution in [1.29, 1.82) is 0 Å². The molecule has 154 valence electrons. The van der Waals surface area contributed by atoms with Gasteiger partial charge in [0.05, 0.1) is 18.0 Å². The lowest BCUT2D eigenvalue weighted by Crippen LogP contribution is -2.29. The Kier molecular flexibility index (Phi) is 7.37. The van der Waals surface area contributed by atoms with Gasteiger partial charge in [-0.05, 0) is 44.6 Å². The van der Waals surface area contributed by atoms with E-state index in [9.17, 15) is 13.2 Å². The fourth-order valence-electron chi connectivity index (χ4n) is 3.60. The van der Waals surface area contributed by atoms with Crippen LogP contribution >= 0.6 is 41.0 Å². The highest BCUT2D eigenvalue weighted by Gasteiger charge is 2.27. The largest absolute Gasteiger partial charge is 0.462 e. The average Bonchev–Trinajstić information content (AvgIpc) is 3.06. The van der Waals surface area contributed by atoms with Crippen LogP contribution in [-0.2, 0) is 13.8 Å². The second kappa shape index (κ2) is 9.40. The van der Waals surface area contributed by atoms with Crippen LogP contribution in [0.5, 0.6) is 0 Å². The fraction of sp³-hybridized carbons (Fsp3) is 0.529. The van der Waals surface area contributed by atoms with Gasteiger partial charge in [0.15, 0.2) is 5.65 Å². The molecule has 0 bridgehead atoms. The van der Waals surface area contributed by atoms with Crippen LogP contribution < -0.4 is 5.32 Å². The molecule has 0 aliphatic heterocycles. The van der Waals surface area contributed by atoms with E-state index in [1.165, 1.54) is 9.12 Å². The van der Waals surface area contributed by atoms with Crippen molar-refractivity contribution in [3.8, 4) is 0 Å². The highest BCUT2D eigenvalue weighted by atomic mass is 127. The molecule has 3 rings (SSSR count). The molecule has 28 heavy (non-hydrogen) atoms. The zero-order chi connectivity index (χ0) is 20.3. The molecule has 1 aliphatic carbocycles. The number of pyridine rings is 1. The maximum atomic E-state index is 12.4. The fourth-order valence-corrected chi connectivity index (χ4v) is 6.30. The molecular formula is C17H21ClIN3O4S2. The standard InChI is InChI=1S/C17H21ClIN3O4S2/c1-2-26-17(23)14-9-20-16-13(7-8-22(16)27-19)15(14)21-12-5-3-11(4-6-12)10-28(18,24)25/h7-9,11-12H,2-6,10H2,1H3,(H,20,21)/t11-,12-. The lowest BCUT2D eigenvalue weighted by molar-refractivity contribution is 0.0527. The predicted molar refractivity (Wildman–Crippen MR) is 122 cm³/mol. The number of ether oxygens (including phenoxy) is 1. The number of aromatic nitrogens is 2. The lowest BCUT2D eigenvalue weighted by atomic mass is 9.87. The molecule has 0 spiro atoms. The number of halogens is 2. The van der Waals surface area contributed by atoms with Gasteiger partial charge in [-0.25, -0.2) is 18.2 Å². The number of rotatable bonds is 7. The third kappa shape index (κ3) is 5.25. The summed E-state index contributed by atoms with van der Waals surface area (Å²) in [6.45, 7) is 2.06. The molecule has 2 aromatic heterocycles. The van der Waals surface area contributed by atoms with E-state index in [4.69, 9.17) is 15.4 Å². The molecule has 0 radical (unpaired) electrons. The van der Waals surface area contributed by atoms with Crippen molar-refractivity contribution in [2.75, 3.05) is 17.7 Å². The van der Waals surface area contributed by atoms with Gasteiger partial charge in [-0.15, -0.1) is 0 Å². The van der Waals surface area contributed by atoms with Crippen molar-refractivity contribution >= 4 is 72.7 Å². The zero-order valence-electron chi connectivity index (χ0n) is 15.2. The van der Waals surface area contributed by atoms with Crippen LogP contribution in [-0.4, -0.2) is 41.7 Å². The Hall–Kier alpha value is -0.720. The van der Waals surface area contributed by atoms with Gasteiger partial charge in [-0.1, -0.05) is 0 Å². The van der Waals surface area contributed by atoms with E-state index in [1.54, 1.807) is 13.1 Å². The summed E-state index contributed by atoms with van der Waals surface area (Å²) in [7, 11) is 3.42. The second-order valence-electron chi connectivity index (χ2n) is 6.78. The van der Waals surface area contributed by atoms with Gasteiger partial charge in [-0.2, -0.15) is 0 Å². The van der Waals surface area contributed by atoms with Gasteiger partial charge in [0.2, 0.25) is 9.05 Å². The molecule has 1 aliphatic rings. The van der Waals surface area contributed by atoms with Gasteiger partial charge >= 0.3 is 5.97 Å². The minimum Gasteiger partial charge on any atom is -0.462 e. The highest BCUT2D eigenvalue weighted by molar-refractivity contribution is 14.2. The van der Waals surface area contributed by atoms with Crippen molar-refractivity contribution in [3.63, 3.8) is 0 Å². The number of hydrogen-bond acceptors (Lipinski definition) is 7. The number of carbonyl (C=O) groups excluding carboxylic acids is 1. The SMILES string of the molecule is CCOC(=O)c1cnc2c(ccn2SI)c1N[C@H]1CC[C@H](CS(=O)(=O)Cl)CC1. The van der Waals surface area contributed by atoms with Gasteiger partial charge in [0, 0.05) is 64.8 Å². The number of anilines is 1. The summed E-state index contributed by atoms with van der Waals surface area (Å²) in [5.74, 6) is -0.305. The Labute approximate surface area is 185 Å². The van der Waals surface area contributed by atoms with E-state index >= 15 is 0 Å². The number of hydrogen-bond donors (Lipinski definition) is 1. The smallest absolute Gasteiger partial charge is 0.341 e. The minimum atomic E-state index is -3.48. The Morgan fingerprint density at radius 2 is 2.14 bits per heavy atom. The van der Waals surface area contributed by atoms with E-state index in [0.29, 0.717) is 12.2 Å². The Morgan fingerprint density at radius 1 is 1.43 bits per heavy atom. The molecule has 0 atom stereocenters. The summed E-state index contributed by atoms with van der Waals surface area (Å²) >= 11 is 2.18. The molecular weight excluding hydrogens is 537 g/mol. The third-order valence-electron chi connectivity index (χ3n) is 4.88. The Morgan fingerprint density at radius 3 is 2.75 bits per heavy atom. The first kappa shape index (κ1) is 22.0. The first-order chi connectivity index (χ1) is 13.3. The minimum absolute atomic E-state index is 0.0184. The normalized spacial score (nSPS) is 20.2. The monoisotopic (exact) mass is 557 g/mol. The molecule has 0 aromatic carbocycles. The van der Waals surface area contributed by atoms with Gasteiger partial charge < -0.3 is 10.1 Å². The molecule has 7 nitrogen and oxygen atoms in total. The van der Waals surface area contributed by atoms with Crippen molar-refractivity contribution in [1.82, 2.24) is 8.96 Å².